The predicted octanol–water partition coefficient (Wildman–Crippen LogP) is 3.56. The lowest BCUT2D eigenvalue weighted by Crippen LogP contribution is -2.38. The molecule has 0 saturated carbocycles. The van der Waals surface area contributed by atoms with Gasteiger partial charge in [-0.05, 0) is 30.0 Å². The van der Waals surface area contributed by atoms with Gasteiger partial charge in [-0.2, -0.15) is 0 Å². The molecular formula is C16H21ClN2O. The van der Waals surface area contributed by atoms with Gasteiger partial charge in [0.05, 0.1) is 11.9 Å². The van der Waals surface area contributed by atoms with Gasteiger partial charge in [-0.25, -0.2) is 4.98 Å². The van der Waals surface area contributed by atoms with E-state index in [-0.39, 0.29) is 5.92 Å². The van der Waals surface area contributed by atoms with Crippen LogP contribution < -0.4 is 0 Å². The van der Waals surface area contributed by atoms with Crippen molar-refractivity contribution >= 4 is 11.6 Å². The fraction of sp³-hybridized carbons (Fsp3) is 0.438. The van der Waals surface area contributed by atoms with Gasteiger partial charge in [-0.15, -0.1) is 0 Å². The number of imidazole rings is 1. The average molecular weight is 293 g/mol. The molecule has 0 amide bonds. The lowest BCUT2D eigenvalue weighted by atomic mass is 9.81. The highest BCUT2D eigenvalue weighted by molar-refractivity contribution is 6.30. The zero-order valence-electron chi connectivity index (χ0n) is 12.0. The molecule has 0 unspecified atom stereocenters. The average Bonchev–Trinajstić information content (AvgIpc) is 2.92. The van der Waals surface area contributed by atoms with Gasteiger partial charge in [-0.1, -0.05) is 37.6 Å². The molecule has 1 heterocycles. The molecule has 1 aromatic carbocycles. The first-order chi connectivity index (χ1) is 9.49. The Labute approximate surface area is 125 Å². The fourth-order valence-corrected chi connectivity index (χ4v) is 2.40. The molecule has 4 heteroatoms. The Balaban J connectivity index is 2.06. The molecule has 0 saturated heterocycles. The van der Waals surface area contributed by atoms with Crippen LogP contribution in [0, 0.1) is 5.92 Å². The Morgan fingerprint density at radius 2 is 2.00 bits per heavy atom. The van der Waals surface area contributed by atoms with Gasteiger partial charge < -0.3 is 9.67 Å². The van der Waals surface area contributed by atoms with Crippen LogP contribution in [0.3, 0.4) is 0 Å². The SMILES string of the molecule is CC(C)[C@@](O)(CCn1ccnc1)Cc1ccc(Cl)cc1. The first-order valence-corrected chi connectivity index (χ1v) is 7.30. The molecule has 1 atom stereocenters. The predicted molar refractivity (Wildman–Crippen MR) is 81.8 cm³/mol. The summed E-state index contributed by atoms with van der Waals surface area (Å²) in [4.78, 5) is 4.03. The molecule has 0 bridgehead atoms. The molecule has 0 aliphatic heterocycles. The number of aryl methyl sites for hydroxylation is 1. The lowest BCUT2D eigenvalue weighted by molar-refractivity contribution is -0.0162. The highest BCUT2D eigenvalue weighted by Gasteiger charge is 2.30. The Hall–Kier alpha value is -1.32. The van der Waals surface area contributed by atoms with Gasteiger partial charge >= 0.3 is 0 Å². The van der Waals surface area contributed by atoms with Crippen LogP contribution >= 0.6 is 11.6 Å². The van der Waals surface area contributed by atoms with Gasteiger partial charge in [0.25, 0.3) is 0 Å². The molecule has 2 rings (SSSR count). The monoisotopic (exact) mass is 292 g/mol. The third kappa shape index (κ3) is 3.84. The van der Waals surface area contributed by atoms with E-state index in [1.807, 2.05) is 35.0 Å². The van der Waals surface area contributed by atoms with Crippen molar-refractivity contribution in [2.75, 3.05) is 0 Å². The fourth-order valence-electron chi connectivity index (χ4n) is 2.28. The van der Waals surface area contributed by atoms with Crippen molar-refractivity contribution in [3.8, 4) is 0 Å². The van der Waals surface area contributed by atoms with Gasteiger partial charge in [-0.3, -0.25) is 0 Å². The summed E-state index contributed by atoms with van der Waals surface area (Å²) in [7, 11) is 0. The first-order valence-electron chi connectivity index (χ1n) is 6.92. The van der Waals surface area contributed by atoms with Crippen LogP contribution in [-0.2, 0) is 13.0 Å². The zero-order chi connectivity index (χ0) is 14.6. The van der Waals surface area contributed by atoms with E-state index in [2.05, 4.69) is 18.8 Å². The number of halogens is 1. The first kappa shape index (κ1) is 15.1. The molecule has 0 fully saturated rings. The van der Waals surface area contributed by atoms with Crippen LogP contribution in [-0.4, -0.2) is 20.3 Å². The molecule has 3 nitrogen and oxygen atoms in total. The van der Waals surface area contributed by atoms with Crippen molar-refractivity contribution in [3.63, 3.8) is 0 Å². The molecule has 0 spiro atoms. The van der Waals surface area contributed by atoms with Gasteiger partial charge in [0, 0.05) is 30.4 Å². The summed E-state index contributed by atoms with van der Waals surface area (Å²) in [5.41, 5.74) is 0.384. The second-order valence-corrected chi connectivity index (χ2v) is 6.05. The summed E-state index contributed by atoms with van der Waals surface area (Å²) in [6.45, 7) is 4.88. The van der Waals surface area contributed by atoms with Crippen LogP contribution in [0.15, 0.2) is 43.0 Å². The van der Waals surface area contributed by atoms with Gasteiger partial charge in [0.2, 0.25) is 0 Å². The summed E-state index contributed by atoms with van der Waals surface area (Å²) in [6, 6.07) is 7.70. The summed E-state index contributed by atoms with van der Waals surface area (Å²) in [6.07, 6.45) is 6.79. The van der Waals surface area contributed by atoms with E-state index in [9.17, 15) is 5.11 Å². The molecule has 1 N–H and O–H groups in total. The molecular weight excluding hydrogens is 272 g/mol. The largest absolute Gasteiger partial charge is 0.389 e. The lowest BCUT2D eigenvalue weighted by Gasteiger charge is -2.32. The number of rotatable bonds is 6. The number of aromatic nitrogens is 2. The molecule has 0 aliphatic carbocycles. The number of benzene rings is 1. The van der Waals surface area contributed by atoms with E-state index in [0.717, 1.165) is 17.1 Å². The van der Waals surface area contributed by atoms with Crippen LogP contribution in [0.4, 0.5) is 0 Å². The van der Waals surface area contributed by atoms with Gasteiger partial charge in [0.15, 0.2) is 0 Å². The zero-order valence-corrected chi connectivity index (χ0v) is 12.7. The number of nitrogens with zero attached hydrogens (tertiary/aromatic N) is 2. The Bertz CT molecular complexity index is 522. The summed E-state index contributed by atoms with van der Waals surface area (Å²) >= 11 is 5.90. The minimum atomic E-state index is -0.724. The summed E-state index contributed by atoms with van der Waals surface area (Å²) < 4.78 is 2.00. The molecule has 20 heavy (non-hydrogen) atoms. The smallest absolute Gasteiger partial charge is 0.0945 e. The van der Waals surface area contributed by atoms with Crippen LogP contribution in [0.25, 0.3) is 0 Å². The Morgan fingerprint density at radius 3 is 2.55 bits per heavy atom. The van der Waals surface area contributed by atoms with Crippen LogP contribution in [0.1, 0.15) is 25.8 Å². The maximum Gasteiger partial charge on any atom is 0.0945 e. The molecule has 1 aromatic heterocycles. The Kier molecular flexibility index (Phi) is 4.84. The number of aliphatic hydroxyl groups is 1. The molecule has 108 valence electrons. The van der Waals surface area contributed by atoms with E-state index < -0.39 is 5.60 Å². The topological polar surface area (TPSA) is 38.0 Å². The molecule has 2 aromatic rings. The third-order valence-corrected chi connectivity index (χ3v) is 4.11. The van der Waals surface area contributed by atoms with Crippen LogP contribution in [0.5, 0.6) is 0 Å². The molecule has 0 radical (unpaired) electrons. The van der Waals surface area contributed by atoms with Crippen molar-refractivity contribution in [1.82, 2.24) is 9.55 Å². The maximum absolute atomic E-state index is 10.9. The summed E-state index contributed by atoms with van der Waals surface area (Å²) in [5.74, 6) is 0.182. The normalized spacial score (nSPS) is 14.4. The Morgan fingerprint density at radius 1 is 1.30 bits per heavy atom. The van der Waals surface area contributed by atoms with E-state index in [0.29, 0.717) is 12.8 Å². The van der Waals surface area contributed by atoms with Crippen LogP contribution in [0.2, 0.25) is 5.02 Å². The van der Waals surface area contributed by atoms with Crippen molar-refractivity contribution < 1.29 is 5.11 Å². The highest BCUT2D eigenvalue weighted by atomic mass is 35.5. The van der Waals surface area contributed by atoms with E-state index in [1.165, 1.54) is 0 Å². The molecule has 0 aliphatic rings. The van der Waals surface area contributed by atoms with Crippen molar-refractivity contribution in [2.45, 2.75) is 38.8 Å². The highest BCUT2D eigenvalue weighted by Crippen LogP contribution is 2.27. The maximum atomic E-state index is 10.9. The number of hydrogen-bond acceptors (Lipinski definition) is 2. The van der Waals surface area contributed by atoms with E-state index in [1.54, 1.807) is 12.5 Å². The third-order valence-electron chi connectivity index (χ3n) is 3.86. The second kappa shape index (κ2) is 6.42. The minimum Gasteiger partial charge on any atom is -0.389 e. The van der Waals surface area contributed by atoms with Crippen molar-refractivity contribution in [1.29, 1.82) is 0 Å². The summed E-state index contributed by atoms with van der Waals surface area (Å²) in [5, 5.41) is 11.7. The minimum absolute atomic E-state index is 0.182. The van der Waals surface area contributed by atoms with E-state index in [4.69, 9.17) is 11.6 Å². The number of hydrogen-bond donors (Lipinski definition) is 1. The standard InChI is InChI=1S/C16H21ClN2O/c1-13(2)16(20,7-9-19-10-8-18-12-19)11-14-3-5-15(17)6-4-14/h3-6,8,10,12-13,20H,7,9,11H2,1-2H3/t16-/m1/s1. The van der Waals surface area contributed by atoms with Crippen molar-refractivity contribution in [2.24, 2.45) is 5.92 Å². The van der Waals surface area contributed by atoms with E-state index >= 15 is 0 Å². The second-order valence-electron chi connectivity index (χ2n) is 5.61. The van der Waals surface area contributed by atoms with Gasteiger partial charge in [0.1, 0.15) is 0 Å². The quantitative estimate of drug-likeness (QED) is 0.884. The van der Waals surface area contributed by atoms with Crippen molar-refractivity contribution in [3.05, 3.63) is 53.6 Å².